The van der Waals surface area contributed by atoms with E-state index < -0.39 is 0 Å². The van der Waals surface area contributed by atoms with Crippen LogP contribution in [0, 0.1) is 0 Å². The van der Waals surface area contributed by atoms with Crippen LogP contribution >= 0.6 is 12.4 Å². The van der Waals surface area contributed by atoms with E-state index in [2.05, 4.69) is 0 Å². The summed E-state index contributed by atoms with van der Waals surface area (Å²) in [5, 5.41) is 0. The Hall–Kier alpha value is 0.210. The van der Waals surface area contributed by atoms with Crippen LogP contribution in [0.3, 0.4) is 0 Å². The predicted octanol–water partition coefficient (Wildman–Crippen LogP) is 0.687. The van der Waals surface area contributed by atoms with E-state index in [0.29, 0.717) is 18.2 Å². The maximum Gasteiger partial charge on any atom is 0.0731 e. The van der Waals surface area contributed by atoms with Crippen molar-refractivity contribution in [2.45, 2.75) is 37.5 Å². The summed E-state index contributed by atoms with van der Waals surface area (Å²) < 4.78 is 5.46. The second-order valence-electron chi connectivity index (χ2n) is 2.77. The minimum atomic E-state index is 0. The Morgan fingerprint density at radius 1 is 1.33 bits per heavy atom. The molecule has 54 valence electrons. The standard InChI is InChI=1S/C6H11NO.ClH/c7-5-3-4-1-2-6(5)8-4;/h4-6H,1-3,7H2;1H/t4-,5+,6+;/m0./s1. The number of rotatable bonds is 0. The Labute approximate surface area is 61.2 Å². The zero-order chi connectivity index (χ0) is 5.56. The second-order valence-corrected chi connectivity index (χ2v) is 2.77. The van der Waals surface area contributed by atoms with Crippen molar-refractivity contribution in [3.63, 3.8) is 0 Å². The van der Waals surface area contributed by atoms with E-state index in [1.165, 1.54) is 12.8 Å². The number of hydrogen-bond acceptors (Lipinski definition) is 2. The molecule has 0 aromatic rings. The summed E-state index contributed by atoms with van der Waals surface area (Å²) in [5.74, 6) is 0. The number of nitrogens with two attached hydrogens (primary N) is 1. The lowest BCUT2D eigenvalue weighted by molar-refractivity contribution is 0.101. The molecule has 0 unspecified atom stereocenters. The number of fused-ring (bicyclic) bond motifs is 2. The molecular weight excluding hydrogens is 138 g/mol. The third-order valence-electron chi connectivity index (χ3n) is 2.15. The molecule has 9 heavy (non-hydrogen) atoms. The highest BCUT2D eigenvalue weighted by Gasteiger charge is 2.38. The Morgan fingerprint density at radius 2 is 2.11 bits per heavy atom. The first-order valence-corrected chi connectivity index (χ1v) is 3.27. The first-order chi connectivity index (χ1) is 3.86. The largest absolute Gasteiger partial charge is 0.373 e. The quantitative estimate of drug-likeness (QED) is 0.550. The molecule has 0 radical (unpaired) electrons. The highest BCUT2D eigenvalue weighted by Crippen LogP contribution is 2.32. The summed E-state index contributed by atoms with van der Waals surface area (Å²) in [5.41, 5.74) is 5.69. The summed E-state index contributed by atoms with van der Waals surface area (Å²) in [4.78, 5) is 0. The van der Waals surface area contributed by atoms with Crippen molar-refractivity contribution in [1.29, 1.82) is 0 Å². The Bertz CT molecular complexity index is 107. The summed E-state index contributed by atoms with van der Waals surface area (Å²) in [6.07, 6.45) is 4.49. The van der Waals surface area contributed by atoms with Crippen LogP contribution in [-0.2, 0) is 4.74 Å². The lowest BCUT2D eigenvalue weighted by atomic mass is 9.97. The van der Waals surface area contributed by atoms with Gasteiger partial charge in [-0.25, -0.2) is 0 Å². The Kier molecular flexibility index (Phi) is 1.99. The summed E-state index contributed by atoms with van der Waals surface area (Å²) in [7, 11) is 0. The summed E-state index contributed by atoms with van der Waals surface area (Å²) >= 11 is 0. The van der Waals surface area contributed by atoms with Crippen molar-refractivity contribution in [1.82, 2.24) is 0 Å². The van der Waals surface area contributed by atoms with Gasteiger partial charge in [0.1, 0.15) is 0 Å². The van der Waals surface area contributed by atoms with Crippen LogP contribution in [0.15, 0.2) is 0 Å². The van der Waals surface area contributed by atoms with Crippen LogP contribution < -0.4 is 5.73 Å². The fraction of sp³-hybridized carbons (Fsp3) is 1.00. The summed E-state index contributed by atoms with van der Waals surface area (Å²) in [6, 6.07) is 0.355. The number of ether oxygens (including phenoxy) is 1. The maximum absolute atomic E-state index is 5.69. The highest BCUT2D eigenvalue weighted by molar-refractivity contribution is 5.85. The predicted molar refractivity (Wildman–Crippen MR) is 37.7 cm³/mol. The van der Waals surface area contributed by atoms with Crippen molar-refractivity contribution in [2.75, 3.05) is 0 Å². The molecule has 2 aliphatic rings. The molecule has 2 bridgehead atoms. The van der Waals surface area contributed by atoms with Gasteiger partial charge in [0.25, 0.3) is 0 Å². The minimum Gasteiger partial charge on any atom is -0.373 e. The van der Waals surface area contributed by atoms with Gasteiger partial charge in [-0.15, -0.1) is 12.4 Å². The smallest absolute Gasteiger partial charge is 0.0731 e. The van der Waals surface area contributed by atoms with Crippen LogP contribution in [0.25, 0.3) is 0 Å². The van der Waals surface area contributed by atoms with E-state index in [0.717, 1.165) is 6.42 Å². The van der Waals surface area contributed by atoms with Crippen molar-refractivity contribution in [3.8, 4) is 0 Å². The van der Waals surface area contributed by atoms with Crippen LogP contribution in [0.4, 0.5) is 0 Å². The lowest BCUT2D eigenvalue weighted by Crippen LogP contribution is -2.30. The second kappa shape index (κ2) is 2.45. The molecule has 2 nitrogen and oxygen atoms in total. The van der Waals surface area contributed by atoms with E-state index in [-0.39, 0.29) is 12.4 Å². The molecular formula is C6H12ClNO. The molecule has 0 spiro atoms. The number of halogens is 1. The lowest BCUT2D eigenvalue weighted by Gasteiger charge is -2.11. The first kappa shape index (κ1) is 7.32. The monoisotopic (exact) mass is 149 g/mol. The zero-order valence-corrected chi connectivity index (χ0v) is 6.06. The van der Waals surface area contributed by atoms with Gasteiger partial charge in [-0.2, -0.15) is 0 Å². The van der Waals surface area contributed by atoms with Crippen molar-refractivity contribution < 1.29 is 4.74 Å². The molecule has 3 atom stereocenters. The van der Waals surface area contributed by atoms with Crippen molar-refractivity contribution in [3.05, 3.63) is 0 Å². The van der Waals surface area contributed by atoms with Gasteiger partial charge in [0.2, 0.25) is 0 Å². The highest BCUT2D eigenvalue weighted by atomic mass is 35.5. The molecule has 0 aromatic heterocycles. The minimum absolute atomic E-state index is 0. The third kappa shape index (κ3) is 1.07. The molecule has 3 heteroatoms. The summed E-state index contributed by atoms with van der Waals surface area (Å²) in [6.45, 7) is 0. The molecule has 0 aromatic carbocycles. The molecule has 0 saturated carbocycles. The van der Waals surface area contributed by atoms with Gasteiger partial charge in [-0.3, -0.25) is 0 Å². The topological polar surface area (TPSA) is 35.2 Å². The van der Waals surface area contributed by atoms with E-state index >= 15 is 0 Å². The van der Waals surface area contributed by atoms with Crippen LogP contribution in [0.2, 0.25) is 0 Å². The van der Waals surface area contributed by atoms with Gasteiger partial charge in [0.05, 0.1) is 12.2 Å². The van der Waals surface area contributed by atoms with Crippen LogP contribution in [0.5, 0.6) is 0 Å². The molecule has 0 amide bonds. The van der Waals surface area contributed by atoms with E-state index in [1.54, 1.807) is 0 Å². The Balaban J connectivity index is 0.000000405. The van der Waals surface area contributed by atoms with Gasteiger partial charge >= 0.3 is 0 Å². The molecule has 2 heterocycles. The molecule has 2 N–H and O–H groups in total. The van der Waals surface area contributed by atoms with E-state index in [4.69, 9.17) is 10.5 Å². The molecule has 2 fully saturated rings. The van der Waals surface area contributed by atoms with Crippen LogP contribution in [-0.4, -0.2) is 18.2 Å². The average molecular weight is 150 g/mol. The molecule has 2 rings (SSSR count). The first-order valence-electron chi connectivity index (χ1n) is 3.27. The van der Waals surface area contributed by atoms with Crippen molar-refractivity contribution in [2.24, 2.45) is 5.73 Å². The number of hydrogen-bond donors (Lipinski definition) is 1. The maximum atomic E-state index is 5.69. The van der Waals surface area contributed by atoms with Gasteiger partial charge in [0, 0.05) is 6.04 Å². The fourth-order valence-electron chi connectivity index (χ4n) is 1.68. The normalized spacial score (nSPS) is 47.0. The van der Waals surface area contributed by atoms with Gasteiger partial charge in [0.15, 0.2) is 0 Å². The Morgan fingerprint density at radius 3 is 2.33 bits per heavy atom. The average Bonchev–Trinajstić information content (AvgIpc) is 2.23. The molecule has 0 aliphatic carbocycles. The fourth-order valence-corrected chi connectivity index (χ4v) is 1.68. The van der Waals surface area contributed by atoms with E-state index in [1.807, 2.05) is 0 Å². The van der Waals surface area contributed by atoms with Gasteiger partial charge < -0.3 is 10.5 Å². The van der Waals surface area contributed by atoms with Crippen molar-refractivity contribution >= 4 is 12.4 Å². The van der Waals surface area contributed by atoms with Gasteiger partial charge in [-0.1, -0.05) is 0 Å². The van der Waals surface area contributed by atoms with Crippen LogP contribution in [0.1, 0.15) is 19.3 Å². The molecule has 2 aliphatic heterocycles. The SMILES string of the molecule is Cl.N[C@@H]1C[C@@H]2CC[C@H]1O2. The zero-order valence-electron chi connectivity index (χ0n) is 5.25. The third-order valence-corrected chi connectivity index (χ3v) is 2.15. The van der Waals surface area contributed by atoms with E-state index in [9.17, 15) is 0 Å². The molecule has 2 saturated heterocycles. The van der Waals surface area contributed by atoms with Gasteiger partial charge in [-0.05, 0) is 19.3 Å².